The van der Waals surface area contributed by atoms with Crippen molar-refractivity contribution in [2.45, 2.75) is 71.3 Å². The Morgan fingerprint density at radius 1 is 1.24 bits per heavy atom. The summed E-state index contributed by atoms with van der Waals surface area (Å²) in [5.41, 5.74) is 1.87. The largest absolute Gasteiger partial charge is 0.444 e. The molecule has 0 N–H and O–H groups in total. The normalized spacial score (nSPS) is 18.2. The average Bonchev–Trinajstić information content (AvgIpc) is 3.13. The summed E-state index contributed by atoms with van der Waals surface area (Å²) in [4.78, 5) is 14.7. The zero-order chi connectivity index (χ0) is 21.1. The zero-order valence-electron chi connectivity index (χ0n) is 18.4. The van der Waals surface area contributed by atoms with E-state index in [1.165, 1.54) is 11.1 Å². The molecule has 0 fully saturated rings. The molecule has 29 heavy (non-hydrogen) atoms. The Bertz CT molecular complexity index is 805. The van der Waals surface area contributed by atoms with Gasteiger partial charge in [-0.25, -0.2) is 4.79 Å². The number of aryl methyl sites for hydroxylation is 1. The number of carbonyl (C=O) groups is 1. The summed E-state index contributed by atoms with van der Waals surface area (Å²) in [5.74, 6) is 1.44. The Labute approximate surface area is 174 Å². The first-order valence-corrected chi connectivity index (χ1v) is 10.6. The predicted molar refractivity (Wildman–Crippen MR) is 114 cm³/mol. The van der Waals surface area contributed by atoms with Crippen LogP contribution in [0.4, 0.5) is 4.79 Å². The van der Waals surface area contributed by atoms with E-state index in [1.807, 2.05) is 50.1 Å². The maximum absolute atomic E-state index is 12.8. The molecule has 1 amide bonds. The lowest BCUT2D eigenvalue weighted by Gasteiger charge is -2.38. The molecule has 0 unspecified atom stereocenters. The summed E-state index contributed by atoms with van der Waals surface area (Å²) in [6, 6.07) is 10.3. The zero-order valence-corrected chi connectivity index (χ0v) is 18.4. The van der Waals surface area contributed by atoms with E-state index in [0.29, 0.717) is 19.0 Å². The van der Waals surface area contributed by atoms with Crippen LogP contribution in [-0.4, -0.2) is 34.8 Å². The summed E-state index contributed by atoms with van der Waals surface area (Å²) in [5, 5.41) is 4.00. The molecular weight excluding hydrogens is 364 g/mol. The molecule has 0 bridgehead atoms. The van der Waals surface area contributed by atoms with Crippen LogP contribution in [0.15, 0.2) is 41.1 Å². The summed E-state index contributed by atoms with van der Waals surface area (Å²) in [6.45, 7) is 11.5. The number of nitrogens with zero attached hydrogens (tertiary/aromatic N) is 2. The van der Waals surface area contributed by atoms with Crippen LogP contribution in [-0.2, 0) is 23.0 Å². The fourth-order valence-electron chi connectivity index (χ4n) is 4.19. The van der Waals surface area contributed by atoms with Gasteiger partial charge in [0.05, 0.1) is 6.20 Å². The highest BCUT2D eigenvalue weighted by Crippen LogP contribution is 2.42. The lowest BCUT2D eigenvalue weighted by atomic mass is 9.67. The van der Waals surface area contributed by atoms with Crippen molar-refractivity contribution >= 4 is 6.09 Å². The molecule has 1 aliphatic rings. The molecule has 0 spiro atoms. The number of hydrogen-bond acceptors (Lipinski definition) is 4. The van der Waals surface area contributed by atoms with E-state index >= 15 is 0 Å². The van der Waals surface area contributed by atoms with Crippen LogP contribution in [0.1, 0.15) is 64.3 Å². The van der Waals surface area contributed by atoms with Crippen LogP contribution in [0.25, 0.3) is 0 Å². The predicted octanol–water partition coefficient (Wildman–Crippen LogP) is 5.38. The maximum atomic E-state index is 12.8. The fraction of sp³-hybridized carbons (Fsp3) is 0.583. The molecule has 5 nitrogen and oxygen atoms in total. The topological polar surface area (TPSA) is 55.6 Å². The highest BCUT2D eigenvalue weighted by Gasteiger charge is 2.40. The van der Waals surface area contributed by atoms with Gasteiger partial charge in [0.1, 0.15) is 11.4 Å². The number of benzene rings is 1. The van der Waals surface area contributed by atoms with Gasteiger partial charge in [-0.3, -0.25) is 0 Å². The number of rotatable bonds is 6. The molecule has 0 radical (unpaired) electrons. The van der Waals surface area contributed by atoms with Crippen LogP contribution in [0.3, 0.4) is 0 Å². The second-order valence-corrected chi connectivity index (χ2v) is 9.63. The lowest BCUT2D eigenvalue weighted by molar-refractivity contribution is 0.0230. The quantitative estimate of drug-likeness (QED) is 0.655. The molecule has 1 aromatic carbocycles. The first-order chi connectivity index (χ1) is 13.7. The molecule has 0 saturated heterocycles. The van der Waals surface area contributed by atoms with E-state index in [9.17, 15) is 4.79 Å². The molecule has 1 atom stereocenters. The van der Waals surface area contributed by atoms with Crippen molar-refractivity contribution in [2.75, 3.05) is 13.1 Å². The standard InChI is InChI=1S/C24H34N2O3/c1-23(2,3)28-22(27)26(15-13-18-9-7-6-8-10-18)16-14-20-12-11-19-17-25-29-21(19)24(20,4)5/h6-10,17,20H,11-16H2,1-5H3/t20-/m0/s1. The van der Waals surface area contributed by atoms with Gasteiger partial charge in [-0.15, -0.1) is 0 Å². The molecule has 1 heterocycles. The fourth-order valence-corrected chi connectivity index (χ4v) is 4.19. The van der Waals surface area contributed by atoms with Crippen molar-refractivity contribution in [1.29, 1.82) is 0 Å². The Morgan fingerprint density at radius 2 is 1.97 bits per heavy atom. The summed E-state index contributed by atoms with van der Waals surface area (Å²) >= 11 is 0. The van der Waals surface area contributed by atoms with Gasteiger partial charge in [-0.05, 0) is 57.9 Å². The Morgan fingerprint density at radius 3 is 2.66 bits per heavy atom. The molecule has 0 saturated carbocycles. The smallest absolute Gasteiger partial charge is 0.410 e. The van der Waals surface area contributed by atoms with E-state index in [4.69, 9.17) is 9.26 Å². The molecule has 2 aromatic rings. The minimum atomic E-state index is -0.499. The van der Waals surface area contributed by atoms with Crippen molar-refractivity contribution in [3.63, 3.8) is 0 Å². The van der Waals surface area contributed by atoms with E-state index < -0.39 is 5.60 Å². The van der Waals surface area contributed by atoms with Crippen LogP contribution in [0.5, 0.6) is 0 Å². The summed E-state index contributed by atoms with van der Waals surface area (Å²) < 4.78 is 11.3. The monoisotopic (exact) mass is 398 g/mol. The number of carbonyl (C=O) groups excluding carboxylic acids is 1. The number of fused-ring (bicyclic) bond motifs is 1. The van der Waals surface area contributed by atoms with Gasteiger partial charge in [-0.2, -0.15) is 0 Å². The van der Waals surface area contributed by atoms with Gasteiger partial charge in [-0.1, -0.05) is 49.3 Å². The van der Waals surface area contributed by atoms with Crippen molar-refractivity contribution in [3.8, 4) is 0 Å². The molecule has 158 valence electrons. The third-order valence-corrected chi connectivity index (χ3v) is 5.92. The summed E-state index contributed by atoms with van der Waals surface area (Å²) in [6.07, 6.45) is 5.43. The Kier molecular flexibility index (Phi) is 6.35. The van der Waals surface area contributed by atoms with Gasteiger partial charge in [0.25, 0.3) is 0 Å². The SMILES string of the molecule is CC(C)(C)OC(=O)N(CCc1ccccc1)CC[C@@H]1CCc2cnoc2C1(C)C. The van der Waals surface area contributed by atoms with Gasteiger partial charge in [0.2, 0.25) is 0 Å². The van der Waals surface area contributed by atoms with E-state index in [0.717, 1.165) is 31.4 Å². The number of aromatic nitrogens is 1. The van der Waals surface area contributed by atoms with Crippen LogP contribution in [0, 0.1) is 5.92 Å². The van der Waals surface area contributed by atoms with E-state index in [-0.39, 0.29) is 11.5 Å². The van der Waals surface area contributed by atoms with Gasteiger partial charge in [0, 0.05) is 24.1 Å². The Hall–Kier alpha value is -2.30. The number of amides is 1. The van der Waals surface area contributed by atoms with Gasteiger partial charge in [0.15, 0.2) is 0 Å². The Balaban J connectivity index is 1.67. The van der Waals surface area contributed by atoms with Gasteiger partial charge >= 0.3 is 6.09 Å². The second kappa shape index (κ2) is 8.60. The first kappa shape index (κ1) is 21.4. The average molecular weight is 399 g/mol. The van der Waals surface area contributed by atoms with Crippen LogP contribution >= 0.6 is 0 Å². The van der Waals surface area contributed by atoms with Crippen molar-refractivity contribution < 1.29 is 14.1 Å². The van der Waals surface area contributed by atoms with Gasteiger partial charge < -0.3 is 14.2 Å². The highest BCUT2D eigenvalue weighted by atomic mass is 16.6. The molecule has 1 aliphatic carbocycles. The maximum Gasteiger partial charge on any atom is 0.410 e. The third-order valence-electron chi connectivity index (χ3n) is 5.92. The van der Waals surface area contributed by atoms with E-state index in [2.05, 4.69) is 31.1 Å². The minimum Gasteiger partial charge on any atom is -0.444 e. The molecular formula is C24H34N2O3. The molecule has 3 rings (SSSR count). The first-order valence-electron chi connectivity index (χ1n) is 10.6. The molecule has 1 aromatic heterocycles. The van der Waals surface area contributed by atoms with Crippen molar-refractivity contribution in [3.05, 3.63) is 53.4 Å². The second-order valence-electron chi connectivity index (χ2n) is 9.63. The minimum absolute atomic E-state index is 0.0802. The third kappa shape index (κ3) is 5.40. The number of ether oxygens (including phenoxy) is 1. The summed E-state index contributed by atoms with van der Waals surface area (Å²) in [7, 11) is 0. The highest BCUT2D eigenvalue weighted by molar-refractivity contribution is 5.68. The molecule has 5 heteroatoms. The van der Waals surface area contributed by atoms with Crippen LogP contribution in [0.2, 0.25) is 0 Å². The molecule has 0 aliphatic heterocycles. The van der Waals surface area contributed by atoms with Crippen molar-refractivity contribution in [2.24, 2.45) is 5.92 Å². The van der Waals surface area contributed by atoms with Crippen LogP contribution < -0.4 is 0 Å². The van der Waals surface area contributed by atoms with E-state index in [1.54, 1.807) is 0 Å². The van der Waals surface area contributed by atoms with Crippen molar-refractivity contribution in [1.82, 2.24) is 10.1 Å². The lowest BCUT2D eigenvalue weighted by Crippen LogP contribution is -2.41. The number of hydrogen-bond donors (Lipinski definition) is 0.